The lowest BCUT2D eigenvalue weighted by Gasteiger charge is -2.14. The van der Waals surface area contributed by atoms with Crippen LogP contribution in [0.2, 0.25) is 0 Å². The number of ether oxygens (including phenoxy) is 1. The maximum absolute atomic E-state index is 11.1. The molecule has 4 heteroatoms. The van der Waals surface area contributed by atoms with Gasteiger partial charge in [0.15, 0.2) is 0 Å². The standard InChI is InChI=1S/C22H28N2O2/c1-16(23-17(2)25)14-18-4-6-19(7-5-18)20-8-10-21(11-9-20)26-22-12-13-24(3)15-22/h4-11,16,22H,12-15H2,1-3H3,(H,23,25). The number of amides is 1. The lowest BCUT2D eigenvalue weighted by Crippen LogP contribution is -2.31. The van der Waals surface area contributed by atoms with Crippen molar-refractivity contribution in [2.24, 2.45) is 0 Å². The van der Waals surface area contributed by atoms with E-state index >= 15 is 0 Å². The summed E-state index contributed by atoms with van der Waals surface area (Å²) < 4.78 is 6.05. The number of rotatable bonds is 6. The summed E-state index contributed by atoms with van der Waals surface area (Å²) in [5.74, 6) is 0.954. The van der Waals surface area contributed by atoms with Crippen molar-refractivity contribution in [3.63, 3.8) is 0 Å². The van der Waals surface area contributed by atoms with Crippen LogP contribution in [0.1, 0.15) is 25.8 Å². The highest BCUT2D eigenvalue weighted by molar-refractivity contribution is 5.73. The maximum Gasteiger partial charge on any atom is 0.217 e. The summed E-state index contributed by atoms with van der Waals surface area (Å²) in [5.41, 5.74) is 3.59. The van der Waals surface area contributed by atoms with Gasteiger partial charge in [-0.3, -0.25) is 4.79 Å². The molecule has 1 fully saturated rings. The number of nitrogens with one attached hydrogen (secondary N) is 1. The van der Waals surface area contributed by atoms with E-state index in [1.807, 2.05) is 6.92 Å². The molecule has 1 amide bonds. The first-order valence-corrected chi connectivity index (χ1v) is 9.31. The van der Waals surface area contributed by atoms with Crippen LogP contribution in [0.5, 0.6) is 5.75 Å². The highest BCUT2D eigenvalue weighted by Crippen LogP contribution is 2.24. The van der Waals surface area contributed by atoms with Crippen molar-refractivity contribution in [2.75, 3.05) is 20.1 Å². The van der Waals surface area contributed by atoms with Gasteiger partial charge < -0.3 is 15.0 Å². The summed E-state index contributed by atoms with van der Waals surface area (Å²) in [7, 11) is 2.13. The Balaban J connectivity index is 1.59. The van der Waals surface area contributed by atoms with Crippen LogP contribution >= 0.6 is 0 Å². The van der Waals surface area contributed by atoms with Crippen LogP contribution in [0.4, 0.5) is 0 Å². The fourth-order valence-corrected chi connectivity index (χ4v) is 3.49. The van der Waals surface area contributed by atoms with Gasteiger partial charge in [-0.05, 0) is 55.6 Å². The summed E-state index contributed by atoms with van der Waals surface area (Å²) in [5, 5.41) is 2.92. The van der Waals surface area contributed by atoms with E-state index in [-0.39, 0.29) is 11.9 Å². The van der Waals surface area contributed by atoms with E-state index in [4.69, 9.17) is 4.74 Å². The van der Waals surface area contributed by atoms with Crippen molar-refractivity contribution >= 4 is 5.91 Å². The minimum atomic E-state index is 0.0145. The second-order valence-electron chi connectivity index (χ2n) is 7.32. The molecule has 1 heterocycles. The first-order valence-electron chi connectivity index (χ1n) is 9.31. The summed E-state index contributed by atoms with van der Waals surface area (Å²) in [6, 6.07) is 17.0. The Labute approximate surface area is 156 Å². The molecule has 138 valence electrons. The van der Waals surface area contributed by atoms with Crippen molar-refractivity contribution in [2.45, 2.75) is 38.8 Å². The Morgan fingerprint density at radius 1 is 1.15 bits per heavy atom. The van der Waals surface area contributed by atoms with E-state index in [0.29, 0.717) is 6.10 Å². The monoisotopic (exact) mass is 352 g/mol. The number of hydrogen-bond donors (Lipinski definition) is 1. The second-order valence-corrected chi connectivity index (χ2v) is 7.32. The van der Waals surface area contributed by atoms with Gasteiger partial charge in [-0.25, -0.2) is 0 Å². The van der Waals surface area contributed by atoms with Crippen molar-refractivity contribution in [3.05, 3.63) is 54.1 Å². The fourth-order valence-electron chi connectivity index (χ4n) is 3.49. The van der Waals surface area contributed by atoms with Crippen molar-refractivity contribution in [3.8, 4) is 16.9 Å². The zero-order valence-electron chi connectivity index (χ0n) is 15.9. The number of likely N-dealkylation sites (tertiary alicyclic amines) is 1. The molecule has 4 nitrogen and oxygen atoms in total. The molecule has 1 saturated heterocycles. The van der Waals surface area contributed by atoms with E-state index < -0.39 is 0 Å². The van der Waals surface area contributed by atoms with Gasteiger partial charge in [-0.1, -0.05) is 36.4 Å². The SMILES string of the molecule is CC(=O)NC(C)Cc1ccc(-c2ccc(OC3CCN(C)C3)cc2)cc1. The van der Waals surface area contributed by atoms with Gasteiger partial charge in [0.25, 0.3) is 0 Å². The fraction of sp³-hybridized carbons (Fsp3) is 0.409. The van der Waals surface area contributed by atoms with Gasteiger partial charge in [0.1, 0.15) is 11.9 Å². The van der Waals surface area contributed by atoms with Crippen molar-refractivity contribution in [1.29, 1.82) is 0 Å². The molecule has 0 bridgehead atoms. The molecule has 0 spiro atoms. The number of carbonyl (C=O) groups excluding carboxylic acids is 1. The minimum absolute atomic E-state index is 0.0145. The van der Waals surface area contributed by atoms with E-state index in [0.717, 1.165) is 31.7 Å². The molecule has 3 rings (SSSR count). The third-order valence-electron chi connectivity index (χ3n) is 4.78. The zero-order valence-corrected chi connectivity index (χ0v) is 15.9. The average molecular weight is 352 g/mol. The minimum Gasteiger partial charge on any atom is -0.489 e. The van der Waals surface area contributed by atoms with Crippen LogP contribution < -0.4 is 10.1 Å². The van der Waals surface area contributed by atoms with Gasteiger partial charge in [-0.2, -0.15) is 0 Å². The Bertz CT molecular complexity index is 725. The first kappa shape index (κ1) is 18.5. The summed E-state index contributed by atoms with van der Waals surface area (Å²) in [4.78, 5) is 13.4. The average Bonchev–Trinajstić information content (AvgIpc) is 3.00. The predicted octanol–water partition coefficient (Wildman–Crippen LogP) is 3.50. The molecule has 0 radical (unpaired) electrons. The van der Waals surface area contributed by atoms with Gasteiger partial charge >= 0.3 is 0 Å². The first-order chi connectivity index (χ1) is 12.5. The van der Waals surface area contributed by atoms with Crippen LogP contribution in [0.15, 0.2) is 48.5 Å². The van der Waals surface area contributed by atoms with Gasteiger partial charge in [0.2, 0.25) is 5.91 Å². The van der Waals surface area contributed by atoms with E-state index in [1.54, 1.807) is 6.92 Å². The second kappa shape index (κ2) is 8.37. The largest absolute Gasteiger partial charge is 0.489 e. The molecule has 0 aliphatic carbocycles. The van der Waals surface area contributed by atoms with Crippen LogP contribution in [0.3, 0.4) is 0 Å². The van der Waals surface area contributed by atoms with Gasteiger partial charge in [-0.15, -0.1) is 0 Å². The lowest BCUT2D eigenvalue weighted by molar-refractivity contribution is -0.119. The lowest BCUT2D eigenvalue weighted by atomic mass is 10.0. The number of likely N-dealkylation sites (N-methyl/N-ethyl adjacent to an activating group) is 1. The normalized spacial score (nSPS) is 18.5. The number of hydrogen-bond acceptors (Lipinski definition) is 3. The highest BCUT2D eigenvalue weighted by atomic mass is 16.5. The smallest absolute Gasteiger partial charge is 0.217 e. The molecule has 2 unspecified atom stereocenters. The summed E-state index contributed by atoms with van der Waals surface area (Å²) in [6.07, 6.45) is 2.23. The zero-order chi connectivity index (χ0) is 18.5. The third-order valence-corrected chi connectivity index (χ3v) is 4.78. The molecular formula is C22H28N2O2. The third kappa shape index (κ3) is 5.09. The Morgan fingerprint density at radius 2 is 1.77 bits per heavy atom. The Hall–Kier alpha value is -2.33. The summed E-state index contributed by atoms with van der Waals surface area (Å²) >= 11 is 0. The molecule has 1 N–H and O–H groups in total. The molecule has 0 aromatic heterocycles. The number of carbonyl (C=O) groups is 1. The molecule has 1 aliphatic rings. The molecule has 2 aromatic rings. The van der Waals surface area contributed by atoms with Crippen LogP contribution in [0.25, 0.3) is 11.1 Å². The molecular weight excluding hydrogens is 324 g/mol. The molecule has 2 atom stereocenters. The number of benzene rings is 2. The van der Waals surface area contributed by atoms with E-state index in [2.05, 4.69) is 65.8 Å². The van der Waals surface area contributed by atoms with E-state index in [1.165, 1.54) is 16.7 Å². The van der Waals surface area contributed by atoms with Gasteiger partial charge in [0.05, 0.1) is 0 Å². The highest BCUT2D eigenvalue weighted by Gasteiger charge is 2.20. The van der Waals surface area contributed by atoms with E-state index in [9.17, 15) is 4.79 Å². The predicted molar refractivity (Wildman–Crippen MR) is 105 cm³/mol. The van der Waals surface area contributed by atoms with Crippen molar-refractivity contribution in [1.82, 2.24) is 10.2 Å². The molecule has 26 heavy (non-hydrogen) atoms. The van der Waals surface area contributed by atoms with Crippen LogP contribution in [0, 0.1) is 0 Å². The molecule has 0 saturated carbocycles. The van der Waals surface area contributed by atoms with Crippen molar-refractivity contribution < 1.29 is 9.53 Å². The quantitative estimate of drug-likeness (QED) is 0.865. The maximum atomic E-state index is 11.1. The topological polar surface area (TPSA) is 41.6 Å². The van der Waals surface area contributed by atoms with Crippen LogP contribution in [-0.4, -0.2) is 43.1 Å². The summed E-state index contributed by atoms with van der Waals surface area (Å²) in [6.45, 7) is 5.68. The van der Waals surface area contributed by atoms with Crippen LogP contribution in [-0.2, 0) is 11.2 Å². The Morgan fingerprint density at radius 3 is 2.31 bits per heavy atom. The molecule has 2 aromatic carbocycles. The van der Waals surface area contributed by atoms with Gasteiger partial charge in [0, 0.05) is 26.1 Å². The molecule has 1 aliphatic heterocycles. The number of nitrogens with zero attached hydrogens (tertiary/aromatic N) is 1. The Kier molecular flexibility index (Phi) is 5.94.